The smallest absolute Gasteiger partial charge is 0.225 e. The van der Waals surface area contributed by atoms with Crippen molar-refractivity contribution >= 4 is 28.9 Å². The molecule has 2 aliphatic rings. The Kier molecular flexibility index (Phi) is 5.08. The molecule has 2 aliphatic heterocycles. The molecule has 2 aromatic rings. The van der Waals surface area contributed by atoms with Crippen LogP contribution in [0.2, 0.25) is 5.02 Å². The molecule has 5 heteroatoms. The molecule has 1 amide bonds. The maximum absolute atomic E-state index is 12.9. The summed E-state index contributed by atoms with van der Waals surface area (Å²) in [6.07, 6.45) is 2.50. The summed E-state index contributed by atoms with van der Waals surface area (Å²) in [5, 5.41) is 3.75. The van der Waals surface area contributed by atoms with E-state index in [2.05, 4.69) is 58.1 Å². The van der Waals surface area contributed by atoms with E-state index in [4.69, 9.17) is 11.6 Å². The second kappa shape index (κ2) is 7.65. The molecule has 1 N–H and O–H groups in total. The zero-order valence-corrected chi connectivity index (χ0v) is 16.0. The van der Waals surface area contributed by atoms with Crippen molar-refractivity contribution in [1.82, 2.24) is 5.32 Å². The predicted molar refractivity (Wildman–Crippen MR) is 112 cm³/mol. The number of piperazine rings is 1. The summed E-state index contributed by atoms with van der Waals surface area (Å²) < 4.78 is 0. The molecule has 4 nitrogen and oxygen atoms in total. The Morgan fingerprint density at radius 1 is 1.19 bits per heavy atom. The SMILES string of the molecule is C=CCNC(=O)[C@@H]1Cc2ccccc2N2CCN(c3ccc(Cl)cc3)C[C@@H]12. The lowest BCUT2D eigenvalue weighted by Crippen LogP contribution is -2.61. The van der Waals surface area contributed by atoms with Crippen LogP contribution in [0.5, 0.6) is 0 Å². The summed E-state index contributed by atoms with van der Waals surface area (Å²) in [5.74, 6) is 0.0345. The molecular formula is C22H24ClN3O. The van der Waals surface area contributed by atoms with Gasteiger partial charge in [-0.1, -0.05) is 35.9 Å². The highest BCUT2D eigenvalue weighted by Gasteiger charge is 2.41. The number of para-hydroxylation sites is 1. The minimum absolute atomic E-state index is 0.0741. The van der Waals surface area contributed by atoms with Gasteiger partial charge in [0.2, 0.25) is 5.91 Å². The maximum Gasteiger partial charge on any atom is 0.225 e. The average molecular weight is 382 g/mol. The number of nitrogens with zero attached hydrogens (tertiary/aromatic N) is 2. The lowest BCUT2D eigenvalue weighted by molar-refractivity contribution is -0.125. The second-order valence-corrected chi connectivity index (χ2v) is 7.59. The van der Waals surface area contributed by atoms with Gasteiger partial charge in [0.15, 0.2) is 0 Å². The highest BCUT2D eigenvalue weighted by atomic mass is 35.5. The first kappa shape index (κ1) is 17.9. The molecule has 2 heterocycles. The highest BCUT2D eigenvalue weighted by molar-refractivity contribution is 6.30. The van der Waals surface area contributed by atoms with Crippen molar-refractivity contribution in [2.75, 3.05) is 36.0 Å². The maximum atomic E-state index is 12.9. The number of benzene rings is 2. The average Bonchev–Trinajstić information content (AvgIpc) is 2.71. The van der Waals surface area contributed by atoms with Gasteiger partial charge >= 0.3 is 0 Å². The lowest BCUT2D eigenvalue weighted by atomic mass is 9.83. The molecular weight excluding hydrogens is 358 g/mol. The van der Waals surface area contributed by atoms with Gasteiger partial charge in [0.1, 0.15) is 0 Å². The number of anilines is 2. The van der Waals surface area contributed by atoms with E-state index in [0.29, 0.717) is 6.54 Å². The van der Waals surface area contributed by atoms with Crippen LogP contribution in [-0.2, 0) is 11.2 Å². The molecule has 0 unspecified atom stereocenters. The molecule has 0 radical (unpaired) electrons. The number of fused-ring (bicyclic) bond motifs is 3. The third kappa shape index (κ3) is 3.54. The molecule has 2 atom stereocenters. The molecule has 140 valence electrons. The van der Waals surface area contributed by atoms with Gasteiger partial charge in [-0.15, -0.1) is 6.58 Å². The van der Waals surface area contributed by atoms with E-state index in [-0.39, 0.29) is 17.9 Å². The van der Waals surface area contributed by atoms with Gasteiger partial charge in [0, 0.05) is 42.6 Å². The molecule has 0 saturated carbocycles. The van der Waals surface area contributed by atoms with Gasteiger partial charge in [-0.05, 0) is 42.3 Å². The third-order valence-corrected chi connectivity index (χ3v) is 5.83. The first-order valence-electron chi connectivity index (χ1n) is 9.41. The minimum atomic E-state index is -0.0741. The van der Waals surface area contributed by atoms with Crippen molar-refractivity contribution in [3.05, 3.63) is 71.8 Å². The van der Waals surface area contributed by atoms with Gasteiger partial charge in [-0.25, -0.2) is 0 Å². The van der Waals surface area contributed by atoms with E-state index in [1.807, 2.05) is 12.1 Å². The Bertz CT molecular complexity index is 836. The van der Waals surface area contributed by atoms with Gasteiger partial charge in [-0.3, -0.25) is 4.79 Å². The number of amides is 1. The quantitative estimate of drug-likeness (QED) is 0.823. The van der Waals surface area contributed by atoms with Crippen LogP contribution in [0.3, 0.4) is 0 Å². The Hall–Kier alpha value is -2.46. The predicted octanol–water partition coefficient (Wildman–Crippen LogP) is 3.51. The number of nitrogens with one attached hydrogen (secondary N) is 1. The van der Waals surface area contributed by atoms with Crippen LogP contribution in [0.1, 0.15) is 5.56 Å². The van der Waals surface area contributed by atoms with Crippen molar-refractivity contribution in [1.29, 1.82) is 0 Å². The number of carbonyl (C=O) groups is 1. The standard InChI is InChI=1S/C22H24ClN3O/c1-2-11-24-22(27)19-14-16-5-3-4-6-20(16)26-13-12-25(15-21(19)26)18-9-7-17(23)8-10-18/h2-10,19,21H,1,11-15H2,(H,24,27)/t19-,21+/m1/s1. The Balaban J connectivity index is 1.63. The fraction of sp³-hybridized carbons (Fsp3) is 0.318. The molecule has 27 heavy (non-hydrogen) atoms. The van der Waals surface area contributed by atoms with Crippen molar-refractivity contribution in [2.45, 2.75) is 12.5 Å². The van der Waals surface area contributed by atoms with Crippen LogP contribution in [0.15, 0.2) is 61.2 Å². The number of rotatable bonds is 4. The number of carbonyl (C=O) groups excluding carboxylic acids is 1. The van der Waals surface area contributed by atoms with E-state index >= 15 is 0 Å². The molecule has 0 aliphatic carbocycles. The molecule has 1 saturated heterocycles. The third-order valence-electron chi connectivity index (χ3n) is 5.57. The van der Waals surface area contributed by atoms with Crippen molar-refractivity contribution < 1.29 is 4.79 Å². The van der Waals surface area contributed by atoms with E-state index in [1.165, 1.54) is 11.3 Å². The topological polar surface area (TPSA) is 35.6 Å². The van der Waals surface area contributed by atoms with Crippen LogP contribution in [0.4, 0.5) is 11.4 Å². The molecule has 1 fully saturated rings. The Labute approximate surface area is 165 Å². The minimum Gasteiger partial charge on any atom is -0.368 e. The van der Waals surface area contributed by atoms with Crippen molar-refractivity contribution in [3.63, 3.8) is 0 Å². The van der Waals surface area contributed by atoms with E-state index in [1.54, 1.807) is 6.08 Å². The largest absolute Gasteiger partial charge is 0.368 e. The van der Waals surface area contributed by atoms with E-state index < -0.39 is 0 Å². The van der Waals surface area contributed by atoms with Gasteiger partial charge in [0.25, 0.3) is 0 Å². The van der Waals surface area contributed by atoms with Crippen molar-refractivity contribution in [2.24, 2.45) is 5.92 Å². The molecule has 2 aromatic carbocycles. The summed E-state index contributed by atoms with van der Waals surface area (Å²) in [4.78, 5) is 17.7. The number of hydrogen-bond acceptors (Lipinski definition) is 3. The van der Waals surface area contributed by atoms with Crippen molar-refractivity contribution in [3.8, 4) is 0 Å². The van der Waals surface area contributed by atoms with E-state index in [9.17, 15) is 4.79 Å². The summed E-state index contributed by atoms with van der Waals surface area (Å²) in [5.41, 5.74) is 3.68. The fourth-order valence-corrected chi connectivity index (χ4v) is 4.37. The van der Waals surface area contributed by atoms with Gasteiger partial charge in [0.05, 0.1) is 12.0 Å². The lowest BCUT2D eigenvalue weighted by Gasteiger charge is -2.49. The molecule has 0 aromatic heterocycles. The number of hydrogen-bond donors (Lipinski definition) is 1. The monoisotopic (exact) mass is 381 g/mol. The Morgan fingerprint density at radius 2 is 1.96 bits per heavy atom. The normalized spacial score (nSPS) is 21.2. The molecule has 4 rings (SSSR count). The zero-order valence-electron chi connectivity index (χ0n) is 15.3. The summed E-state index contributed by atoms with van der Waals surface area (Å²) in [6, 6.07) is 16.6. The summed E-state index contributed by atoms with van der Waals surface area (Å²) in [6.45, 7) is 6.86. The zero-order chi connectivity index (χ0) is 18.8. The first-order chi connectivity index (χ1) is 13.2. The van der Waals surface area contributed by atoms with Crippen LogP contribution in [0, 0.1) is 5.92 Å². The first-order valence-corrected chi connectivity index (χ1v) is 9.79. The summed E-state index contributed by atoms with van der Waals surface area (Å²) >= 11 is 6.04. The van der Waals surface area contributed by atoms with Crippen LogP contribution < -0.4 is 15.1 Å². The second-order valence-electron chi connectivity index (χ2n) is 7.16. The Morgan fingerprint density at radius 3 is 2.74 bits per heavy atom. The van der Waals surface area contributed by atoms with Gasteiger partial charge in [-0.2, -0.15) is 0 Å². The summed E-state index contributed by atoms with van der Waals surface area (Å²) in [7, 11) is 0. The van der Waals surface area contributed by atoms with Crippen LogP contribution >= 0.6 is 11.6 Å². The van der Waals surface area contributed by atoms with Crippen LogP contribution in [0.25, 0.3) is 0 Å². The molecule has 0 spiro atoms. The van der Waals surface area contributed by atoms with Gasteiger partial charge < -0.3 is 15.1 Å². The molecule has 0 bridgehead atoms. The highest BCUT2D eigenvalue weighted by Crippen LogP contribution is 2.37. The fourth-order valence-electron chi connectivity index (χ4n) is 4.25. The number of halogens is 1. The van der Waals surface area contributed by atoms with E-state index in [0.717, 1.165) is 36.8 Å². The van der Waals surface area contributed by atoms with Crippen LogP contribution in [-0.4, -0.2) is 38.1 Å².